The summed E-state index contributed by atoms with van der Waals surface area (Å²) in [5, 5.41) is 0. The van der Waals surface area contributed by atoms with E-state index in [1.807, 2.05) is 18.2 Å². The molecule has 186 valence electrons. The van der Waals surface area contributed by atoms with Gasteiger partial charge in [0.25, 0.3) is 0 Å². The summed E-state index contributed by atoms with van der Waals surface area (Å²) in [4.78, 5) is 2.40. The van der Waals surface area contributed by atoms with Crippen LogP contribution < -0.4 is 37.9 Å². The number of fused-ring (bicyclic) bond motifs is 8. The van der Waals surface area contributed by atoms with Crippen LogP contribution in [0.25, 0.3) is 11.1 Å². The molecule has 7 rings (SSSR count). The van der Waals surface area contributed by atoms with E-state index in [1.54, 1.807) is 14.2 Å². The Hall–Kier alpha value is -3.98. The van der Waals surface area contributed by atoms with Crippen LogP contribution in [0.15, 0.2) is 30.3 Å². The molecule has 0 saturated carbocycles. The first-order chi connectivity index (χ1) is 17.7. The molecule has 0 radical (unpaired) electrons. The second-order valence-electron chi connectivity index (χ2n) is 9.00. The third kappa shape index (κ3) is 3.26. The fourth-order valence-corrected chi connectivity index (χ4v) is 5.36. The van der Waals surface area contributed by atoms with Gasteiger partial charge in [0.05, 0.1) is 14.2 Å². The number of methoxy groups -OCH3 is 2. The van der Waals surface area contributed by atoms with E-state index in [-0.39, 0.29) is 20.4 Å². The molecule has 0 aliphatic carbocycles. The highest BCUT2D eigenvalue weighted by atomic mass is 16.7. The van der Waals surface area contributed by atoms with Gasteiger partial charge in [-0.1, -0.05) is 6.07 Å². The van der Waals surface area contributed by atoms with Crippen LogP contribution in [0.5, 0.6) is 46.0 Å². The molecule has 3 aromatic rings. The quantitative estimate of drug-likeness (QED) is 0.524. The molecule has 9 heteroatoms. The Kier molecular flexibility index (Phi) is 4.92. The van der Waals surface area contributed by atoms with Gasteiger partial charge in [0.1, 0.15) is 0 Å². The van der Waals surface area contributed by atoms with Crippen molar-refractivity contribution in [3.05, 3.63) is 47.0 Å². The molecule has 0 bridgehead atoms. The van der Waals surface area contributed by atoms with Crippen molar-refractivity contribution in [3.8, 4) is 57.1 Å². The minimum atomic E-state index is 0.140. The number of ether oxygens (including phenoxy) is 8. The van der Waals surface area contributed by atoms with Gasteiger partial charge in [-0.3, -0.25) is 4.90 Å². The summed E-state index contributed by atoms with van der Waals surface area (Å²) < 4.78 is 45.9. The monoisotopic (exact) mass is 491 g/mol. The van der Waals surface area contributed by atoms with Crippen LogP contribution >= 0.6 is 0 Å². The molecule has 4 aliphatic heterocycles. The van der Waals surface area contributed by atoms with Crippen molar-refractivity contribution >= 4 is 0 Å². The van der Waals surface area contributed by atoms with E-state index in [4.69, 9.17) is 37.9 Å². The van der Waals surface area contributed by atoms with Gasteiger partial charge in [-0.05, 0) is 47.4 Å². The topological polar surface area (TPSA) is 77.1 Å². The minimum Gasteiger partial charge on any atom is -0.493 e. The van der Waals surface area contributed by atoms with Crippen molar-refractivity contribution in [1.29, 1.82) is 0 Å². The highest BCUT2D eigenvalue weighted by Crippen LogP contribution is 2.57. The minimum absolute atomic E-state index is 0.140. The summed E-state index contributed by atoms with van der Waals surface area (Å²) >= 11 is 0. The maximum absolute atomic E-state index is 6.00. The van der Waals surface area contributed by atoms with Crippen molar-refractivity contribution < 1.29 is 37.9 Å². The standard InChI is InChI=1S/C27H25NO8/c1-29-20-8-16-10-28(6-5-15-3-4-18-19(7-15)32-12-31-18)11-17-9-21(30-2)25-27(36-14-34-25)23(17)22(16)26-24(20)33-13-35-26/h3-4,7-9H,5-6,10-14H2,1-2H3. The van der Waals surface area contributed by atoms with Crippen molar-refractivity contribution in [2.45, 2.75) is 19.5 Å². The molecule has 0 N–H and O–H groups in total. The van der Waals surface area contributed by atoms with Crippen molar-refractivity contribution in [2.75, 3.05) is 41.1 Å². The molecule has 4 heterocycles. The van der Waals surface area contributed by atoms with Crippen molar-refractivity contribution in [2.24, 2.45) is 0 Å². The zero-order valence-electron chi connectivity index (χ0n) is 20.0. The normalized spacial score (nSPS) is 16.4. The molecule has 0 unspecified atom stereocenters. The third-order valence-electron chi connectivity index (χ3n) is 7.01. The summed E-state index contributed by atoms with van der Waals surface area (Å²) in [5.41, 5.74) is 5.24. The first-order valence-corrected chi connectivity index (χ1v) is 11.8. The lowest BCUT2D eigenvalue weighted by Crippen LogP contribution is -2.24. The molecule has 36 heavy (non-hydrogen) atoms. The van der Waals surface area contributed by atoms with E-state index in [0.29, 0.717) is 47.6 Å². The fraction of sp³-hybridized carbons (Fsp3) is 0.333. The predicted molar refractivity (Wildman–Crippen MR) is 128 cm³/mol. The van der Waals surface area contributed by atoms with Crippen molar-refractivity contribution in [1.82, 2.24) is 4.90 Å². The van der Waals surface area contributed by atoms with Crippen LogP contribution in [0, 0.1) is 0 Å². The van der Waals surface area contributed by atoms with Gasteiger partial charge < -0.3 is 37.9 Å². The second-order valence-corrected chi connectivity index (χ2v) is 9.00. The first kappa shape index (κ1) is 21.3. The smallest absolute Gasteiger partial charge is 0.231 e. The van der Waals surface area contributed by atoms with Gasteiger partial charge in [-0.2, -0.15) is 0 Å². The Bertz CT molecular complexity index is 1300. The van der Waals surface area contributed by atoms with E-state index < -0.39 is 0 Å². The molecule has 0 aromatic heterocycles. The molecular formula is C27H25NO8. The highest BCUT2D eigenvalue weighted by Gasteiger charge is 2.36. The van der Waals surface area contributed by atoms with Crippen LogP contribution in [0.1, 0.15) is 16.7 Å². The fourth-order valence-electron chi connectivity index (χ4n) is 5.36. The van der Waals surface area contributed by atoms with E-state index in [2.05, 4.69) is 17.0 Å². The van der Waals surface area contributed by atoms with Crippen LogP contribution in [0.2, 0.25) is 0 Å². The highest BCUT2D eigenvalue weighted by molar-refractivity contribution is 5.89. The predicted octanol–water partition coefficient (Wildman–Crippen LogP) is 4.12. The number of benzene rings is 3. The largest absolute Gasteiger partial charge is 0.493 e. The summed E-state index contributed by atoms with van der Waals surface area (Å²) in [5.74, 6) is 5.47. The Morgan fingerprint density at radius 2 is 1.22 bits per heavy atom. The maximum Gasteiger partial charge on any atom is 0.231 e. The molecular weight excluding hydrogens is 466 g/mol. The van der Waals surface area contributed by atoms with Gasteiger partial charge in [0.15, 0.2) is 34.5 Å². The Morgan fingerprint density at radius 3 is 1.83 bits per heavy atom. The molecule has 4 aliphatic rings. The molecule has 0 saturated heterocycles. The lowest BCUT2D eigenvalue weighted by molar-refractivity contribution is 0.170. The summed E-state index contributed by atoms with van der Waals surface area (Å²) in [7, 11) is 3.29. The van der Waals surface area contributed by atoms with E-state index in [1.165, 1.54) is 5.56 Å². The van der Waals surface area contributed by atoms with Gasteiger partial charge in [0, 0.05) is 30.8 Å². The van der Waals surface area contributed by atoms with Crippen LogP contribution in [-0.2, 0) is 19.5 Å². The van der Waals surface area contributed by atoms with Crippen molar-refractivity contribution in [3.63, 3.8) is 0 Å². The molecule has 0 spiro atoms. The SMILES string of the molecule is COc1cc2c(c3c1OCO3)-c1c(cc(OC)c3c1OCO3)CN(CCc1ccc3c(c1)OCO3)C2. The van der Waals surface area contributed by atoms with Crippen LogP contribution in [0.4, 0.5) is 0 Å². The Labute approximate surface area is 207 Å². The van der Waals surface area contributed by atoms with Crippen LogP contribution in [0.3, 0.4) is 0 Å². The van der Waals surface area contributed by atoms with Gasteiger partial charge >= 0.3 is 0 Å². The first-order valence-electron chi connectivity index (χ1n) is 11.8. The summed E-state index contributed by atoms with van der Waals surface area (Å²) in [6, 6.07) is 10.2. The molecule has 0 atom stereocenters. The maximum atomic E-state index is 6.00. The molecule has 9 nitrogen and oxygen atoms in total. The third-order valence-corrected chi connectivity index (χ3v) is 7.01. The lowest BCUT2D eigenvalue weighted by atomic mass is 9.93. The van der Waals surface area contributed by atoms with Crippen LogP contribution in [-0.4, -0.2) is 46.0 Å². The zero-order chi connectivity index (χ0) is 24.2. The zero-order valence-corrected chi connectivity index (χ0v) is 20.0. The Balaban J connectivity index is 1.32. The lowest BCUT2D eigenvalue weighted by Gasteiger charge is -2.21. The molecule has 3 aromatic carbocycles. The molecule has 0 fully saturated rings. The summed E-state index contributed by atoms with van der Waals surface area (Å²) in [6.45, 7) is 2.77. The number of hydrogen-bond acceptors (Lipinski definition) is 9. The van der Waals surface area contributed by atoms with Gasteiger partial charge in [-0.15, -0.1) is 0 Å². The average Bonchev–Trinajstić information content (AvgIpc) is 3.65. The number of rotatable bonds is 5. The van der Waals surface area contributed by atoms with E-state index in [9.17, 15) is 0 Å². The van der Waals surface area contributed by atoms with E-state index in [0.717, 1.165) is 46.7 Å². The summed E-state index contributed by atoms with van der Waals surface area (Å²) in [6.07, 6.45) is 0.852. The Morgan fingerprint density at radius 1 is 0.667 bits per heavy atom. The number of hydrogen-bond donors (Lipinski definition) is 0. The average molecular weight is 491 g/mol. The second kappa shape index (κ2) is 8.30. The van der Waals surface area contributed by atoms with E-state index >= 15 is 0 Å². The van der Waals surface area contributed by atoms with Gasteiger partial charge in [0.2, 0.25) is 31.9 Å². The molecule has 0 amide bonds. The number of nitrogens with zero attached hydrogens (tertiary/aromatic N) is 1. The van der Waals surface area contributed by atoms with Gasteiger partial charge in [-0.25, -0.2) is 0 Å².